The lowest BCUT2D eigenvalue weighted by Crippen LogP contribution is -2.18. The van der Waals surface area contributed by atoms with Gasteiger partial charge in [0, 0.05) is 6.42 Å². The Morgan fingerprint density at radius 3 is 3.07 bits per heavy atom. The van der Waals surface area contributed by atoms with Crippen LogP contribution in [0, 0.1) is 11.7 Å². The largest absolute Gasteiger partial charge is 0.349 e. The van der Waals surface area contributed by atoms with Crippen LogP contribution in [0.2, 0.25) is 0 Å². The first-order valence-electron chi connectivity index (χ1n) is 4.82. The molecule has 0 bridgehead atoms. The molecular formula is C11H10FNO. The van der Waals surface area contributed by atoms with E-state index in [0.29, 0.717) is 12.3 Å². The number of amides is 1. The smallest absolute Gasteiger partial charge is 0.220 e. The Balaban J connectivity index is 2.05. The zero-order valence-corrected chi connectivity index (χ0v) is 7.59. The van der Waals surface area contributed by atoms with Crippen molar-refractivity contribution in [3.63, 3.8) is 0 Å². The summed E-state index contributed by atoms with van der Waals surface area (Å²) in [7, 11) is 0. The summed E-state index contributed by atoms with van der Waals surface area (Å²) in [6.07, 6.45) is 1.41. The molecule has 1 heterocycles. The molecule has 2 atom stereocenters. The van der Waals surface area contributed by atoms with Crippen molar-refractivity contribution in [2.75, 3.05) is 0 Å². The summed E-state index contributed by atoms with van der Waals surface area (Å²) in [5.74, 6) is 0.282. The fourth-order valence-corrected chi connectivity index (χ4v) is 2.56. The number of nitrogens with one attached hydrogen (secondary N) is 1. The first-order valence-corrected chi connectivity index (χ1v) is 4.82. The van der Waals surface area contributed by atoms with Crippen LogP contribution < -0.4 is 5.32 Å². The molecule has 0 saturated carbocycles. The summed E-state index contributed by atoms with van der Waals surface area (Å²) >= 11 is 0. The molecule has 3 rings (SSSR count). The topological polar surface area (TPSA) is 29.1 Å². The van der Waals surface area contributed by atoms with Crippen LogP contribution >= 0.6 is 0 Å². The van der Waals surface area contributed by atoms with Crippen molar-refractivity contribution in [2.24, 2.45) is 5.92 Å². The maximum Gasteiger partial charge on any atom is 0.220 e. The monoisotopic (exact) mass is 191 g/mol. The lowest BCUT2D eigenvalue weighted by molar-refractivity contribution is -0.119. The van der Waals surface area contributed by atoms with E-state index in [9.17, 15) is 9.18 Å². The number of fused-ring (bicyclic) bond motifs is 3. The van der Waals surface area contributed by atoms with Gasteiger partial charge in [0.2, 0.25) is 5.91 Å². The molecular weight excluding hydrogens is 181 g/mol. The molecule has 0 aromatic heterocycles. The molecule has 1 saturated heterocycles. The lowest BCUT2D eigenvalue weighted by Gasteiger charge is -2.09. The molecule has 1 amide bonds. The number of carbonyl (C=O) groups excluding carboxylic acids is 1. The molecule has 1 fully saturated rings. The van der Waals surface area contributed by atoms with Crippen molar-refractivity contribution in [2.45, 2.75) is 18.9 Å². The van der Waals surface area contributed by atoms with E-state index in [0.717, 1.165) is 17.5 Å². The van der Waals surface area contributed by atoms with Gasteiger partial charge < -0.3 is 5.32 Å². The lowest BCUT2D eigenvalue weighted by atomic mass is 10.0. The summed E-state index contributed by atoms with van der Waals surface area (Å²) in [5.41, 5.74) is 2.15. The Labute approximate surface area is 81.1 Å². The molecule has 2 unspecified atom stereocenters. The van der Waals surface area contributed by atoms with Crippen LogP contribution in [0.5, 0.6) is 0 Å². The zero-order chi connectivity index (χ0) is 9.71. The number of halogens is 1. The average Bonchev–Trinajstić information content (AvgIpc) is 2.59. The van der Waals surface area contributed by atoms with Gasteiger partial charge in [-0.25, -0.2) is 4.39 Å². The highest BCUT2D eigenvalue weighted by molar-refractivity contribution is 5.80. The second kappa shape index (κ2) is 2.56. The highest BCUT2D eigenvalue weighted by atomic mass is 19.1. The highest BCUT2D eigenvalue weighted by Crippen LogP contribution is 2.41. The minimum atomic E-state index is -0.185. The van der Waals surface area contributed by atoms with E-state index >= 15 is 0 Å². The second-order valence-corrected chi connectivity index (χ2v) is 4.06. The molecule has 1 aliphatic heterocycles. The van der Waals surface area contributed by atoms with E-state index in [4.69, 9.17) is 0 Å². The third-order valence-corrected chi connectivity index (χ3v) is 3.16. The van der Waals surface area contributed by atoms with Crippen LogP contribution in [-0.4, -0.2) is 5.91 Å². The average molecular weight is 191 g/mol. The zero-order valence-electron chi connectivity index (χ0n) is 7.59. The Hall–Kier alpha value is -1.38. The maximum atomic E-state index is 12.9. The van der Waals surface area contributed by atoms with Crippen molar-refractivity contribution < 1.29 is 9.18 Å². The predicted octanol–water partition coefficient (Wildman–Crippen LogP) is 1.56. The predicted molar refractivity (Wildman–Crippen MR) is 49.1 cm³/mol. The Bertz CT molecular complexity index is 416. The third kappa shape index (κ3) is 0.983. The van der Waals surface area contributed by atoms with Gasteiger partial charge in [-0.3, -0.25) is 4.79 Å². The van der Waals surface area contributed by atoms with Crippen molar-refractivity contribution in [1.82, 2.24) is 5.32 Å². The fraction of sp³-hybridized carbons (Fsp3) is 0.364. The van der Waals surface area contributed by atoms with Crippen LogP contribution in [0.15, 0.2) is 18.2 Å². The first kappa shape index (κ1) is 7.97. The van der Waals surface area contributed by atoms with E-state index in [1.807, 2.05) is 0 Å². The number of hydrogen-bond donors (Lipinski definition) is 1. The molecule has 2 aliphatic rings. The molecule has 1 aliphatic carbocycles. The third-order valence-electron chi connectivity index (χ3n) is 3.16. The summed E-state index contributed by atoms with van der Waals surface area (Å²) < 4.78 is 12.9. The molecule has 1 aromatic rings. The van der Waals surface area contributed by atoms with Gasteiger partial charge >= 0.3 is 0 Å². The van der Waals surface area contributed by atoms with Crippen LogP contribution in [-0.2, 0) is 11.2 Å². The highest BCUT2D eigenvalue weighted by Gasteiger charge is 2.39. The minimum Gasteiger partial charge on any atom is -0.349 e. The number of carbonyl (C=O) groups is 1. The van der Waals surface area contributed by atoms with Gasteiger partial charge in [0.05, 0.1) is 6.04 Å². The van der Waals surface area contributed by atoms with Crippen molar-refractivity contribution >= 4 is 5.91 Å². The van der Waals surface area contributed by atoms with E-state index in [1.165, 1.54) is 6.07 Å². The van der Waals surface area contributed by atoms with Gasteiger partial charge in [-0.05, 0) is 35.6 Å². The molecule has 1 N–H and O–H groups in total. The number of rotatable bonds is 0. The Morgan fingerprint density at radius 2 is 2.21 bits per heavy atom. The molecule has 0 spiro atoms. The van der Waals surface area contributed by atoms with E-state index < -0.39 is 0 Å². The maximum absolute atomic E-state index is 12.9. The quantitative estimate of drug-likeness (QED) is 0.662. The minimum absolute atomic E-state index is 0.120. The Morgan fingerprint density at radius 1 is 1.36 bits per heavy atom. The van der Waals surface area contributed by atoms with Crippen LogP contribution in [0.3, 0.4) is 0 Å². The van der Waals surface area contributed by atoms with Gasteiger partial charge in [-0.15, -0.1) is 0 Å². The molecule has 1 aromatic carbocycles. The van der Waals surface area contributed by atoms with Crippen LogP contribution in [0.1, 0.15) is 23.6 Å². The summed E-state index contributed by atoms with van der Waals surface area (Å²) in [6, 6.07) is 4.98. The number of benzene rings is 1. The van der Waals surface area contributed by atoms with E-state index in [1.54, 1.807) is 12.1 Å². The van der Waals surface area contributed by atoms with E-state index in [2.05, 4.69) is 5.32 Å². The number of hydrogen-bond acceptors (Lipinski definition) is 1. The first-order chi connectivity index (χ1) is 6.74. The van der Waals surface area contributed by atoms with Crippen molar-refractivity contribution in [3.05, 3.63) is 35.1 Å². The molecule has 72 valence electrons. The second-order valence-electron chi connectivity index (χ2n) is 4.06. The molecule has 14 heavy (non-hydrogen) atoms. The molecule has 3 heteroatoms. The van der Waals surface area contributed by atoms with Gasteiger partial charge in [-0.2, -0.15) is 0 Å². The summed E-state index contributed by atoms with van der Waals surface area (Å²) in [6.45, 7) is 0. The normalized spacial score (nSPS) is 28.5. The molecule has 0 radical (unpaired) electrons. The molecule has 2 nitrogen and oxygen atoms in total. The van der Waals surface area contributed by atoms with Crippen LogP contribution in [0.4, 0.5) is 4.39 Å². The van der Waals surface area contributed by atoms with Gasteiger partial charge in [-0.1, -0.05) is 6.07 Å². The van der Waals surface area contributed by atoms with Gasteiger partial charge in [0.1, 0.15) is 5.82 Å². The Kier molecular flexibility index (Phi) is 1.46. The van der Waals surface area contributed by atoms with E-state index in [-0.39, 0.29) is 17.8 Å². The van der Waals surface area contributed by atoms with Crippen LogP contribution in [0.25, 0.3) is 0 Å². The van der Waals surface area contributed by atoms with Gasteiger partial charge in [0.25, 0.3) is 0 Å². The summed E-state index contributed by atoms with van der Waals surface area (Å²) in [5, 5.41) is 2.93. The van der Waals surface area contributed by atoms with Crippen molar-refractivity contribution in [1.29, 1.82) is 0 Å². The summed E-state index contributed by atoms with van der Waals surface area (Å²) in [4.78, 5) is 11.1. The fourth-order valence-electron chi connectivity index (χ4n) is 2.56. The standard InChI is InChI=1S/C11H10FNO/c12-8-1-2-9-6(4-8)3-7-5-10(14)13-11(7)9/h1-2,4,7,11H,3,5H2,(H,13,14). The van der Waals surface area contributed by atoms with Crippen molar-refractivity contribution in [3.8, 4) is 0 Å². The SMILES string of the molecule is O=C1CC2Cc3cc(F)ccc3C2N1. The van der Waals surface area contributed by atoms with Gasteiger partial charge in [0.15, 0.2) is 0 Å².